The van der Waals surface area contributed by atoms with Crippen molar-refractivity contribution < 1.29 is 23.8 Å². The molecular weight excluding hydrogens is 420 g/mol. The second-order valence-corrected chi connectivity index (χ2v) is 7.85. The van der Waals surface area contributed by atoms with Crippen molar-refractivity contribution in [2.75, 3.05) is 13.7 Å². The van der Waals surface area contributed by atoms with Gasteiger partial charge >= 0.3 is 0 Å². The Hall–Kier alpha value is -4.26. The molecule has 1 aliphatic rings. The summed E-state index contributed by atoms with van der Waals surface area (Å²) in [6.45, 7) is 0.289. The smallest absolute Gasteiger partial charge is 0.295 e. The second-order valence-electron chi connectivity index (χ2n) is 7.85. The van der Waals surface area contributed by atoms with Crippen LogP contribution < -0.4 is 4.74 Å². The van der Waals surface area contributed by atoms with Crippen molar-refractivity contribution in [3.05, 3.63) is 95.6 Å². The van der Waals surface area contributed by atoms with E-state index in [9.17, 15) is 14.7 Å². The average molecular weight is 442 g/mol. The standard InChI is InChI=1S/C26H22N2O5/c1-32-18-10-8-16(9-11-18)24(29)22-23(21-7-4-14-33-21)28(26(31)25(22)30)13-12-17-15-27-20-6-3-2-5-19(17)20/h2-11,14-15,23,27,29H,12-13H2,1H3/t23-/m1/s1. The zero-order valence-electron chi connectivity index (χ0n) is 17.9. The molecule has 0 unspecified atom stereocenters. The summed E-state index contributed by atoms with van der Waals surface area (Å²) in [6, 6.07) is 17.2. The number of benzene rings is 2. The number of furan rings is 1. The Bertz CT molecular complexity index is 1350. The van der Waals surface area contributed by atoms with Gasteiger partial charge in [-0.3, -0.25) is 9.59 Å². The van der Waals surface area contributed by atoms with E-state index in [4.69, 9.17) is 9.15 Å². The van der Waals surface area contributed by atoms with E-state index in [2.05, 4.69) is 4.98 Å². The fourth-order valence-corrected chi connectivity index (χ4v) is 4.34. The van der Waals surface area contributed by atoms with E-state index in [0.717, 1.165) is 16.5 Å². The van der Waals surface area contributed by atoms with Crippen LogP contribution in [0.15, 0.2) is 83.1 Å². The highest BCUT2D eigenvalue weighted by atomic mass is 16.5. The number of aliphatic hydroxyl groups is 1. The number of H-pyrrole nitrogens is 1. The van der Waals surface area contributed by atoms with Crippen LogP contribution in [0.25, 0.3) is 16.7 Å². The highest BCUT2D eigenvalue weighted by Crippen LogP contribution is 2.40. The maximum Gasteiger partial charge on any atom is 0.295 e. The molecule has 33 heavy (non-hydrogen) atoms. The molecule has 7 nitrogen and oxygen atoms in total. The van der Waals surface area contributed by atoms with E-state index < -0.39 is 17.7 Å². The first kappa shape index (κ1) is 20.6. The molecule has 2 aromatic carbocycles. The van der Waals surface area contributed by atoms with Crippen molar-refractivity contribution in [3.8, 4) is 5.75 Å². The molecule has 1 atom stereocenters. The monoisotopic (exact) mass is 442 g/mol. The van der Waals surface area contributed by atoms with Crippen molar-refractivity contribution in [2.45, 2.75) is 12.5 Å². The number of amides is 1. The third kappa shape index (κ3) is 3.57. The average Bonchev–Trinajstić information content (AvgIpc) is 3.57. The number of aromatic amines is 1. The number of hydrogen-bond donors (Lipinski definition) is 2. The number of para-hydroxylation sites is 1. The maximum absolute atomic E-state index is 13.1. The van der Waals surface area contributed by atoms with E-state index in [1.165, 1.54) is 11.2 Å². The summed E-state index contributed by atoms with van der Waals surface area (Å²) in [7, 11) is 1.55. The Morgan fingerprint density at radius 3 is 2.61 bits per heavy atom. The largest absolute Gasteiger partial charge is 0.507 e. The summed E-state index contributed by atoms with van der Waals surface area (Å²) in [6.07, 6.45) is 3.94. The van der Waals surface area contributed by atoms with Gasteiger partial charge in [-0.2, -0.15) is 0 Å². The van der Waals surface area contributed by atoms with E-state index in [0.29, 0.717) is 23.5 Å². The van der Waals surface area contributed by atoms with E-state index in [-0.39, 0.29) is 17.9 Å². The van der Waals surface area contributed by atoms with Crippen LogP contribution in [-0.2, 0) is 16.0 Å². The highest BCUT2D eigenvalue weighted by Gasteiger charge is 2.47. The Morgan fingerprint density at radius 1 is 1.09 bits per heavy atom. The molecule has 5 rings (SSSR count). The zero-order valence-corrected chi connectivity index (χ0v) is 17.9. The number of aromatic nitrogens is 1. The second kappa shape index (κ2) is 8.35. The minimum atomic E-state index is -0.813. The summed E-state index contributed by atoms with van der Waals surface area (Å²) < 4.78 is 10.7. The Morgan fingerprint density at radius 2 is 1.88 bits per heavy atom. The predicted molar refractivity (Wildman–Crippen MR) is 123 cm³/mol. The number of aliphatic hydroxyl groups excluding tert-OH is 1. The van der Waals surface area contributed by atoms with E-state index in [1.807, 2.05) is 30.5 Å². The minimum absolute atomic E-state index is 0.0130. The van der Waals surface area contributed by atoms with Gasteiger partial charge in [0.2, 0.25) is 0 Å². The van der Waals surface area contributed by atoms with Crippen molar-refractivity contribution in [3.63, 3.8) is 0 Å². The molecular formula is C26H22N2O5. The number of hydrogen-bond acceptors (Lipinski definition) is 5. The van der Waals surface area contributed by atoms with Gasteiger partial charge in [-0.05, 0) is 54.4 Å². The zero-order chi connectivity index (χ0) is 22.9. The van der Waals surface area contributed by atoms with Crippen LogP contribution in [-0.4, -0.2) is 40.3 Å². The van der Waals surface area contributed by atoms with Gasteiger partial charge < -0.3 is 24.1 Å². The van der Waals surface area contributed by atoms with Gasteiger partial charge in [-0.1, -0.05) is 18.2 Å². The van der Waals surface area contributed by atoms with Gasteiger partial charge in [0, 0.05) is 29.2 Å². The number of ketones is 1. The number of methoxy groups -OCH3 is 1. The maximum atomic E-state index is 13.1. The Labute approximate surface area is 189 Å². The van der Waals surface area contributed by atoms with Crippen molar-refractivity contribution >= 4 is 28.4 Å². The van der Waals surface area contributed by atoms with Gasteiger partial charge in [0.25, 0.3) is 11.7 Å². The molecule has 0 bridgehead atoms. The molecule has 4 aromatic rings. The minimum Gasteiger partial charge on any atom is -0.507 e. The first-order valence-electron chi connectivity index (χ1n) is 10.6. The third-order valence-corrected chi connectivity index (χ3v) is 6.01. The number of ether oxygens (including phenoxy) is 1. The number of carbonyl (C=O) groups excluding carboxylic acids is 2. The fraction of sp³-hybridized carbons (Fsp3) is 0.154. The van der Waals surface area contributed by atoms with Crippen LogP contribution in [0.5, 0.6) is 5.75 Å². The van der Waals surface area contributed by atoms with Gasteiger partial charge in [0.1, 0.15) is 23.3 Å². The normalized spacial score (nSPS) is 17.7. The first-order chi connectivity index (χ1) is 16.1. The first-order valence-corrected chi connectivity index (χ1v) is 10.6. The van der Waals surface area contributed by atoms with Crippen LogP contribution in [0.1, 0.15) is 22.9 Å². The number of likely N-dealkylation sites (tertiary alicyclic amines) is 1. The van der Waals surface area contributed by atoms with Crippen LogP contribution >= 0.6 is 0 Å². The fourth-order valence-electron chi connectivity index (χ4n) is 4.34. The van der Waals surface area contributed by atoms with Crippen molar-refractivity contribution in [2.24, 2.45) is 0 Å². The molecule has 1 amide bonds. The lowest BCUT2D eigenvalue weighted by molar-refractivity contribution is -0.140. The summed E-state index contributed by atoms with van der Waals surface area (Å²) >= 11 is 0. The quantitative estimate of drug-likeness (QED) is 0.262. The van der Waals surface area contributed by atoms with Gasteiger partial charge in [-0.15, -0.1) is 0 Å². The van der Waals surface area contributed by atoms with Crippen LogP contribution in [0.4, 0.5) is 0 Å². The number of Topliss-reactive ketones (excluding diaryl/α,β-unsaturated/α-hetero) is 1. The Kier molecular flexibility index (Phi) is 5.22. The molecule has 166 valence electrons. The SMILES string of the molecule is COc1ccc(C(O)=C2C(=O)C(=O)N(CCc3c[nH]c4ccccc34)[C@@H]2c2ccco2)cc1. The number of nitrogens with one attached hydrogen (secondary N) is 1. The van der Waals surface area contributed by atoms with Gasteiger partial charge in [-0.25, -0.2) is 0 Å². The summed E-state index contributed by atoms with van der Waals surface area (Å²) in [4.78, 5) is 30.8. The molecule has 2 N–H and O–H groups in total. The summed E-state index contributed by atoms with van der Waals surface area (Å²) in [5.74, 6) is -0.599. The van der Waals surface area contributed by atoms with Gasteiger partial charge in [0.05, 0.1) is 18.9 Å². The molecule has 1 aliphatic heterocycles. The van der Waals surface area contributed by atoms with Crippen LogP contribution in [0.2, 0.25) is 0 Å². The van der Waals surface area contributed by atoms with Gasteiger partial charge in [0.15, 0.2) is 0 Å². The molecule has 3 heterocycles. The topological polar surface area (TPSA) is 95.8 Å². The summed E-state index contributed by atoms with van der Waals surface area (Å²) in [5.41, 5.74) is 2.48. The molecule has 1 fully saturated rings. The molecule has 0 aliphatic carbocycles. The number of nitrogens with zero attached hydrogens (tertiary/aromatic N) is 1. The molecule has 0 radical (unpaired) electrons. The van der Waals surface area contributed by atoms with Crippen LogP contribution in [0.3, 0.4) is 0 Å². The predicted octanol–water partition coefficient (Wildman–Crippen LogP) is 4.43. The lowest BCUT2D eigenvalue weighted by Crippen LogP contribution is -2.31. The van der Waals surface area contributed by atoms with Crippen molar-refractivity contribution in [1.82, 2.24) is 9.88 Å². The highest BCUT2D eigenvalue weighted by molar-refractivity contribution is 6.46. The molecule has 0 spiro atoms. The lowest BCUT2D eigenvalue weighted by Gasteiger charge is -2.23. The number of carbonyl (C=O) groups is 2. The third-order valence-electron chi connectivity index (χ3n) is 6.01. The molecule has 0 saturated carbocycles. The molecule has 7 heteroatoms. The molecule has 2 aromatic heterocycles. The number of rotatable bonds is 6. The molecule has 1 saturated heterocycles. The van der Waals surface area contributed by atoms with E-state index >= 15 is 0 Å². The van der Waals surface area contributed by atoms with E-state index in [1.54, 1.807) is 43.5 Å². The lowest BCUT2D eigenvalue weighted by atomic mass is 9.99. The van der Waals surface area contributed by atoms with Crippen LogP contribution in [0, 0.1) is 0 Å². The number of fused-ring (bicyclic) bond motifs is 1. The summed E-state index contributed by atoms with van der Waals surface area (Å²) in [5, 5.41) is 12.1. The van der Waals surface area contributed by atoms with Crippen molar-refractivity contribution in [1.29, 1.82) is 0 Å². The Balaban J connectivity index is 1.52.